The van der Waals surface area contributed by atoms with Gasteiger partial charge in [0.25, 0.3) is 0 Å². The molecule has 94 valence electrons. The monoisotopic (exact) mass is 242 g/mol. The molecule has 0 aromatic heterocycles. The van der Waals surface area contributed by atoms with Crippen molar-refractivity contribution in [3.8, 4) is 6.07 Å². The van der Waals surface area contributed by atoms with Crippen molar-refractivity contribution in [2.24, 2.45) is 0 Å². The fourth-order valence-corrected chi connectivity index (χ4v) is 2.41. The van der Waals surface area contributed by atoms with Crippen molar-refractivity contribution in [3.63, 3.8) is 0 Å². The molecule has 0 amide bonds. The van der Waals surface area contributed by atoms with Gasteiger partial charge in [-0.25, -0.2) is 0 Å². The van der Waals surface area contributed by atoms with Crippen LogP contribution in [-0.2, 0) is 4.79 Å². The molecule has 1 atom stereocenters. The molecule has 0 radical (unpaired) electrons. The summed E-state index contributed by atoms with van der Waals surface area (Å²) in [6, 6.07) is 11.5. The van der Waals surface area contributed by atoms with Gasteiger partial charge in [-0.15, -0.1) is 0 Å². The minimum Gasteiger partial charge on any atom is -0.296 e. The van der Waals surface area contributed by atoms with Crippen molar-refractivity contribution < 1.29 is 4.79 Å². The fourth-order valence-electron chi connectivity index (χ4n) is 2.41. The first-order valence-electron chi connectivity index (χ1n) is 6.51. The SMILES string of the molecule is N#C[C@@H](C(=O)CN1CCCCC1)c1ccccc1. The van der Waals surface area contributed by atoms with E-state index in [4.69, 9.17) is 0 Å². The molecule has 0 spiro atoms. The summed E-state index contributed by atoms with van der Waals surface area (Å²) < 4.78 is 0. The van der Waals surface area contributed by atoms with E-state index in [0.29, 0.717) is 6.54 Å². The van der Waals surface area contributed by atoms with Crippen LogP contribution in [0.5, 0.6) is 0 Å². The van der Waals surface area contributed by atoms with Gasteiger partial charge in [0.1, 0.15) is 5.92 Å². The highest BCUT2D eigenvalue weighted by atomic mass is 16.1. The average Bonchev–Trinajstić information content (AvgIpc) is 2.42. The van der Waals surface area contributed by atoms with Gasteiger partial charge >= 0.3 is 0 Å². The normalized spacial score (nSPS) is 17.9. The van der Waals surface area contributed by atoms with Crippen LogP contribution in [0, 0.1) is 11.3 Å². The molecule has 0 saturated carbocycles. The van der Waals surface area contributed by atoms with E-state index in [1.54, 1.807) is 0 Å². The number of nitriles is 1. The lowest BCUT2D eigenvalue weighted by molar-refractivity contribution is -0.120. The number of nitrogens with zero attached hydrogens (tertiary/aromatic N) is 2. The Morgan fingerprint density at radius 2 is 1.89 bits per heavy atom. The molecule has 3 heteroatoms. The summed E-state index contributed by atoms with van der Waals surface area (Å²) in [5.41, 5.74) is 0.807. The zero-order valence-corrected chi connectivity index (χ0v) is 10.5. The highest BCUT2D eigenvalue weighted by Gasteiger charge is 2.22. The third kappa shape index (κ3) is 3.18. The van der Waals surface area contributed by atoms with Crippen LogP contribution in [0.2, 0.25) is 0 Å². The third-order valence-electron chi connectivity index (χ3n) is 3.41. The fraction of sp³-hybridized carbons (Fsp3) is 0.467. The minimum atomic E-state index is -0.617. The molecule has 0 aliphatic carbocycles. The molecule has 1 aromatic rings. The molecule has 3 nitrogen and oxygen atoms in total. The summed E-state index contributed by atoms with van der Waals surface area (Å²) in [7, 11) is 0. The van der Waals surface area contributed by atoms with E-state index in [2.05, 4.69) is 11.0 Å². The van der Waals surface area contributed by atoms with Gasteiger partial charge in [0.2, 0.25) is 0 Å². The first-order chi connectivity index (χ1) is 8.81. The van der Waals surface area contributed by atoms with Crippen molar-refractivity contribution >= 4 is 5.78 Å². The Labute approximate surface area is 108 Å². The number of Topliss-reactive ketones (excluding diaryl/α,β-unsaturated/α-hetero) is 1. The highest BCUT2D eigenvalue weighted by molar-refractivity contribution is 5.90. The van der Waals surface area contributed by atoms with E-state index in [1.807, 2.05) is 30.3 Å². The predicted molar refractivity (Wildman–Crippen MR) is 70.1 cm³/mol. The lowest BCUT2D eigenvalue weighted by Gasteiger charge is -2.26. The lowest BCUT2D eigenvalue weighted by atomic mass is 9.95. The molecule has 0 N–H and O–H groups in total. The Hall–Kier alpha value is -1.66. The van der Waals surface area contributed by atoms with Crippen molar-refractivity contribution in [2.75, 3.05) is 19.6 Å². The highest BCUT2D eigenvalue weighted by Crippen LogP contribution is 2.17. The Bertz CT molecular complexity index is 430. The van der Waals surface area contributed by atoms with Gasteiger partial charge in [-0.2, -0.15) is 5.26 Å². The number of ketones is 1. The Balaban J connectivity index is 2.00. The molecular weight excluding hydrogens is 224 g/mol. The molecule has 1 saturated heterocycles. The van der Waals surface area contributed by atoms with Crippen LogP contribution in [0.3, 0.4) is 0 Å². The number of hydrogen-bond donors (Lipinski definition) is 0. The number of rotatable bonds is 4. The summed E-state index contributed by atoms with van der Waals surface area (Å²) >= 11 is 0. The molecule has 1 heterocycles. The lowest BCUT2D eigenvalue weighted by Crippen LogP contribution is -2.36. The van der Waals surface area contributed by atoms with Gasteiger partial charge in [-0.3, -0.25) is 9.69 Å². The van der Waals surface area contributed by atoms with Crippen LogP contribution in [0.15, 0.2) is 30.3 Å². The number of hydrogen-bond acceptors (Lipinski definition) is 3. The molecule has 0 bridgehead atoms. The van der Waals surface area contributed by atoms with Crippen molar-refractivity contribution in [3.05, 3.63) is 35.9 Å². The predicted octanol–water partition coefficient (Wildman–Crippen LogP) is 2.35. The second-order valence-electron chi connectivity index (χ2n) is 4.78. The maximum absolute atomic E-state index is 12.2. The minimum absolute atomic E-state index is 0.0191. The van der Waals surface area contributed by atoms with Crippen LogP contribution in [0.4, 0.5) is 0 Å². The topological polar surface area (TPSA) is 44.1 Å². The van der Waals surface area contributed by atoms with Gasteiger partial charge in [-0.1, -0.05) is 36.8 Å². The summed E-state index contributed by atoms with van der Waals surface area (Å²) in [5, 5.41) is 9.19. The molecule has 1 aliphatic heterocycles. The van der Waals surface area contributed by atoms with Gasteiger partial charge in [0, 0.05) is 0 Å². The standard InChI is InChI=1S/C15H18N2O/c16-11-14(13-7-3-1-4-8-13)15(18)12-17-9-5-2-6-10-17/h1,3-4,7-8,14H,2,5-6,9-10,12H2/t14-/m1/s1. The smallest absolute Gasteiger partial charge is 0.168 e. The second-order valence-corrected chi connectivity index (χ2v) is 4.78. The summed E-state index contributed by atoms with van der Waals surface area (Å²) in [6.45, 7) is 2.38. The number of benzene rings is 1. The molecule has 0 unspecified atom stereocenters. The van der Waals surface area contributed by atoms with Crippen LogP contribution in [0.1, 0.15) is 30.7 Å². The Morgan fingerprint density at radius 1 is 1.22 bits per heavy atom. The molecular formula is C15H18N2O. The van der Waals surface area contributed by atoms with E-state index >= 15 is 0 Å². The van der Waals surface area contributed by atoms with Gasteiger partial charge < -0.3 is 0 Å². The van der Waals surface area contributed by atoms with Crippen molar-refractivity contribution in [1.82, 2.24) is 4.90 Å². The molecule has 1 aromatic carbocycles. The second kappa shape index (κ2) is 6.32. The first kappa shape index (κ1) is 12.8. The van der Waals surface area contributed by atoms with E-state index in [0.717, 1.165) is 31.5 Å². The number of carbonyl (C=O) groups excluding carboxylic acids is 1. The number of piperidine rings is 1. The van der Waals surface area contributed by atoms with E-state index in [1.165, 1.54) is 6.42 Å². The van der Waals surface area contributed by atoms with Gasteiger partial charge in [0.15, 0.2) is 5.78 Å². The first-order valence-corrected chi connectivity index (χ1v) is 6.51. The molecule has 1 aliphatic rings. The van der Waals surface area contributed by atoms with Crippen molar-refractivity contribution in [1.29, 1.82) is 5.26 Å². The third-order valence-corrected chi connectivity index (χ3v) is 3.41. The summed E-state index contributed by atoms with van der Waals surface area (Å²) in [4.78, 5) is 14.3. The van der Waals surface area contributed by atoms with Gasteiger partial charge in [-0.05, 0) is 31.5 Å². The molecule has 1 fully saturated rings. The van der Waals surface area contributed by atoms with Crippen LogP contribution in [-0.4, -0.2) is 30.3 Å². The Kier molecular flexibility index (Phi) is 4.49. The Morgan fingerprint density at radius 3 is 2.50 bits per heavy atom. The van der Waals surface area contributed by atoms with E-state index < -0.39 is 5.92 Å². The summed E-state index contributed by atoms with van der Waals surface area (Å²) in [5.74, 6) is -0.598. The van der Waals surface area contributed by atoms with Crippen LogP contribution in [0.25, 0.3) is 0 Å². The zero-order valence-electron chi connectivity index (χ0n) is 10.5. The van der Waals surface area contributed by atoms with E-state index in [9.17, 15) is 10.1 Å². The van der Waals surface area contributed by atoms with Crippen LogP contribution >= 0.6 is 0 Å². The maximum Gasteiger partial charge on any atom is 0.168 e. The molecule has 18 heavy (non-hydrogen) atoms. The quantitative estimate of drug-likeness (QED) is 0.814. The number of likely N-dealkylation sites (tertiary alicyclic amines) is 1. The largest absolute Gasteiger partial charge is 0.296 e. The maximum atomic E-state index is 12.2. The van der Waals surface area contributed by atoms with Crippen molar-refractivity contribution in [2.45, 2.75) is 25.2 Å². The number of carbonyl (C=O) groups is 1. The molecule has 2 rings (SSSR count). The van der Waals surface area contributed by atoms with E-state index in [-0.39, 0.29) is 5.78 Å². The average molecular weight is 242 g/mol. The van der Waals surface area contributed by atoms with Gasteiger partial charge in [0.05, 0.1) is 12.6 Å². The summed E-state index contributed by atoms with van der Waals surface area (Å²) in [6.07, 6.45) is 3.58. The van der Waals surface area contributed by atoms with Crippen LogP contribution < -0.4 is 0 Å². The zero-order chi connectivity index (χ0) is 12.8.